The predicted molar refractivity (Wildman–Crippen MR) is 79.4 cm³/mol. The van der Waals surface area contributed by atoms with Crippen molar-refractivity contribution < 1.29 is 4.74 Å². The van der Waals surface area contributed by atoms with Gasteiger partial charge in [-0.25, -0.2) is 0 Å². The van der Waals surface area contributed by atoms with E-state index in [0.29, 0.717) is 6.54 Å². The van der Waals surface area contributed by atoms with E-state index >= 15 is 0 Å². The first-order valence-electron chi connectivity index (χ1n) is 6.34. The third-order valence-electron chi connectivity index (χ3n) is 2.54. The third-order valence-corrected chi connectivity index (χ3v) is 3.53. The first-order valence-corrected chi connectivity index (χ1v) is 7.33. The minimum absolute atomic E-state index is 0.159. The second kappa shape index (κ2) is 7.67. The van der Waals surface area contributed by atoms with Gasteiger partial charge < -0.3 is 15.4 Å². The fourth-order valence-electron chi connectivity index (χ4n) is 1.92. The van der Waals surface area contributed by atoms with Gasteiger partial charge in [-0.3, -0.25) is 0 Å². The van der Waals surface area contributed by atoms with Crippen LogP contribution in [0, 0.1) is 0 Å². The van der Waals surface area contributed by atoms with E-state index in [4.69, 9.17) is 10.5 Å². The van der Waals surface area contributed by atoms with Gasteiger partial charge in [0.2, 0.25) is 0 Å². The van der Waals surface area contributed by atoms with Gasteiger partial charge in [0.05, 0.1) is 0 Å². The number of thioether (sulfide) groups is 1. The quantitative estimate of drug-likeness (QED) is 0.771. The summed E-state index contributed by atoms with van der Waals surface area (Å²) in [4.78, 5) is 3.35. The van der Waals surface area contributed by atoms with E-state index in [2.05, 4.69) is 24.8 Å². The van der Waals surface area contributed by atoms with Crippen molar-refractivity contribution in [2.24, 2.45) is 5.73 Å². The number of likely N-dealkylation sites (N-methyl/N-ethyl adjacent to an activating group) is 1. The zero-order valence-corrected chi connectivity index (χ0v) is 12.6. The van der Waals surface area contributed by atoms with Crippen LogP contribution in [0.25, 0.3) is 0 Å². The van der Waals surface area contributed by atoms with Crippen molar-refractivity contribution in [2.75, 3.05) is 26.4 Å². The molecule has 1 rings (SSSR count). The number of hydrogen-bond donors (Lipinski definition) is 1. The monoisotopic (exact) mass is 268 g/mol. The molecule has 4 heteroatoms. The van der Waals surface area contributed by atoms with Crippen molar-refractivity contribution in [3.63, 3.8) is 0 Å². The average Bonchev–Trinajstić information content (AvgIpc) is 2.28. The summed E-state index contributed by atoms with van der Waals surface area (Å²) in [5, 5.41) is 0. The Labute approximate surface area is 115 Å². The summed E-state index contributed by atoms with van der Waals surface area (Å²) in [6, 6.07) is 6.16. The lowest BCUT2D eigenvalue weighted by molar-refractivity contribution is 0.175. The molecule has 0 aromatic heterocycles. The highest BCUT2D eigenvalue weighted by molar-refractivity contribution is 7.99. The average molecular weight is 268 g/mol. The smallest absolute Gasteiger partial charge is 0.125 e. The first-order chi connectivity index (χ1) is 8.58. The largest absolute Gasteiger partial charge is 0.489 e. The van der Waals surface area contributed by atoms with Gasteiger partial charge in [-0.05, 0) is 38.9 Å². The van der Waals surface area contributed by atoms with Crippen molar-refractivity contribution >= 4 is 11.8 Å². The van der Waals surface area contributed by atoms with Crippen LogP contribution in [0.4, 0.5) is 0 Å². The molecule has 0 aliphatic carbocycles. The van der Waals surface area contributed by atoms with Gasteiger partial charge in [0, 0.05) is 23.5 Å². The Morgan fingerprint density at radius 1 is 1.39 bits per heavy atom. The van der Waals surface area contributed by atoms with Gasteiger partial charge in [0.1, 0.15) is 11.9 Å². The van der Waals surface area contributed by atoms with E-state index < -0.39 is 0 Å². The van der Waals surface area contributed by atoms with E-state index in [1.165, 1.54) is 4.90 Å². The minimum Gasteiger partial charge on any atom is -0.489 e. The molecule has 0 heterocycles. The molecule has 0 radical (unpaired) electrons. The van der Waals surface area contributed by atoms with Crippen LogP contribution in [0.1, 0.15) is 19.4 Å². The minimum atomic E-state index is 0.159. The number of hydrogen-bond acceptors (Lipinski definition) is 4. The lowest BCUT2D eigenvalue weighted by atomic mass is 10.2. The molecule has 0 aliphatic rings. The number of nitrogens with two attached hydrogens (primary N) is 1. The second-order valence-corrected chi connectivity index (χ2v) is 5.87. The van der Waals surface area contributed by atoms with E-state index in [0.717, 1.165) is 23.6 Å². The second-order valence-electron chi connectivity index (χ2n) is 4.56. The van der Waals surface area contributed by atoms with Gasteiger partial charge >= 0.3 is 0 Å². The molecule has 1 unspecified atom stereocenters. The summed E-state index contributed by atoms with van der Waals surface area (Å²) in [5.41, 5.74) is 6.98. The van der Waals surface area contributed by atoms with E-state index in [9.17, 15) is 0 Å². The molecule has 3 nitrogen and oxygen atoms in total. The summed E-state index contributed by atoms with van der Waals surface area (Å²) < 4.78 is 6.00. The number of benzene rings is 1. The summed E-state index contributed by atoms with van der Waals surface area (Å²) in [6.07, 6.45) is 0.159. The third kappa shape index (κ3) is 4.52. The number of ether oxygens (including phenoxy) is 1. The van der Waals surface area contributed by atoms with Crippen molar-refractivity contribution in [1.82, 2.24) is 4.90 Å². The molecule has 18 heavy (non-hydrogen) atoms. The molecule has 1 aromatic carbocycles. The molecule has 0 fully saturated rings. The molecule has 0 bridgehead atoms. The van der Waals surface area contributed by atoms with Crippen molar-refractivity contribution in [3.05, 3.63) is 23.8 Å². The fourth-order valence-corrected chi connectivity index (χ4v) is 2.76. The molecule has 2 N–H and O–H groups in total. The topological polar surface area (TPSA) is 38.5 Å². The molecule has 0 spiro atoms. The number of rotatable bonds is 7. The van der Waals surface area contributed by atoms with Crippen molar-refractivity contribution in [2.45, 2.75) is 31.4 Å². The molecule has 1 aromatic rings. The van der Waals surface area contributed by atoms with Gasteiger partial charge in [-0.1, -0.05) is 13.0 Å². The summed E-state index contributed by atoms with van der Waals surface area (Å²) in [5.74, 6) is 1.97. The van der Waals surface area contributed by atoms with Gasteiger partial charge in [0.15, 0.2) is 0 Å². The highest BCUT2D eigenvalue weighted by Crippen LogP contribution is 2.30. The van der Waals surface area contributed by atoms with Crippen LogP contribution in [-0.4, -0.2) is 37.4 Å². The molecule has 0 saturated heterocycles. The zero-order valence-electron chi connectivity index (χ0n) is 11.8. The standard InChI is InChI=1S/C14H24N2OS/c1-5-18-14-8-6-7-13(12(14)9-15)17-11(2)10-16(3)4/h6-8,11H,5,9-10,15H2,1-4H3. The number of nitrogens with zero attached hydrogens (tertiary/aromatic N) is 1. The molecule has 102 valence electrons. The van der Waals surface area contributed by atoms with Crippen LogP contribution in [0.5, 0.6) is 5.75 Å². The van der Waals surface area contributed by atoms with Crippen LogP contribution in [0.2, 0.25) is 0 Å². The van der Waals surface area contributed by atoms with Gasteiger partial charge in [-0.2, -0.15) is 0 Å². The molecule has 0 saturated carbocycles. The van der Waals surface area contributed by atoms with Crippen molar-refractivity contribution in [1.29, 1.82) is 0 Å². The van der Waals surface area contributed by atoms with Crippen molar-refractivity contribution in [3.8, 4) is 5.75 Å². The van der Waals surface area contributed by atoms with E-state index in [-0.39, 0.29) is 6.10 Å². The maximum absolute atomic E-state index is 6.00. The Balaban J connectivity index is 2.84. The van der Waals surface area contributed by atoms with Crippen LogP contribution in [0.15, 0.2) is 23.1 Å². The molecular weight excluding hydrogens is 244 g/mol. The first kappa shape index (κ1) is 15.3. The van der Waals surface area contributed by atoms with Crippen LogP contribution < -0.4 is 10.5 Å². The van der Waals surface area contributed by atoms with Crippen LogP contribution in [0.3, 0.4) is 0 Å². The Hall–Kier alpha value is -0.710. The summed E-state index contributed by atoms with van der Waals surface area (Å²) >= 11 is 1.81. The molecule has 0 aliphatic heterocycles. The Morgan fingerprint density at radius 2 is 2.11 bits per heavy atom. The maximum atomic E-state index is 6.00. The SMILES string of the molecule is CCSc1cccc(OC(C)CN(C)C)c1CN. The molecule has 1 atom stereocenters. The molecular formula is C14H24N2OS. The predicted octanol–water partition coefficient (Wildman–Crippen LogP) is 2.59. The zero-order chi connectivity index (χ0) is 13.5. The van der Waals surface area contributed by atoms with Crippen LogP contribution >= 0.6 is 11.8 Å². The summed E-state index contributed by atoms with van der Waals surface area (Å²) in [7, 11) is 4.10. The van der Waals surface area contributed by atoms with E-state index in [1.807, 2.05) is 38.0 Å². The van der Waals surface area contributed by atoms with Gasteiger partial charge in [0.25, 0.3) is 0 Å². The highest BCUT2D eigenvalue weighted by Gasteiger charge is 2.11. The fraction of sp³-hybridized carbons (Fsp3) is 0.571. The Morgan fingerprint density at radius 3 is 2.67 bits per heavy atom. The summed E-state index contributed by atoms with van der Waals surface area (Å²) in [6.45, 7) is 5.65. The van der Waals surface area contributed by atoms with E-state index in [1.54, 1.807) is 0 Å². The van der Waals surface area contributed by atoms with Gasteiger partial charge in [-0.15, -0.1) is 11.8 Å². The normalized spacial score (nSPS) is 12.8. The Kier molecular flexibility index (Phi) is 6.54. The maximum Gasteiger partial charge on any atom is 0.125 e. The highest BCUT2D eigenvalue weighted by atomic mass is 32.2. The lowest BCUT2D eigenvalue weighted by Gasteiger charge is -2.21. The molecule has 0 amide bonds. The Bertz CT molecular complexity index is 369. The lowest BCUT2D eigenvalue weighted by Crippen LogP contribution is -2.28. The van der Waals surface area contributed by atoms with Crippen LogP contribution in [-0.2, 0) is 6.54 Å².